The number of amides is 1. The Morgan fingerprint density at radius 2 is 1.83 bits per heavy atom. The molecule has 6 nitrogen and oxygen atoms in total. The average molecular weight is 413 g/mol. The lowest BCUT2D eigenvalue weighted by Crippen LogP contribution is -2.11. The molecule has 3 aromatic rings. The van der Waals surface area contributed by atoms with E-state index in [0.29, 0.717) is 28.4 Å². The third-order valence-corrected chi connectivity index (χ3v) is 5.00. The standard InChI is InChI=1S/C22H24N2O4S/c1-4-5-12-27-17-9-6-15(7-10-17)20(25)24-22-23-18-11-8-16(13-19(18)29-22)21(26)28-14(2)3/h6-11,13-14H,4-5,12H2,1-3H3,(H,23,24,25). The van der Waals surface area contributed by atoms with Gasteiger partial charge in [-0.2, -0.15) is 0 Å². The van der Waals surface area contributed by atoms with Gasteiger partial charge < -0.3 is 9.47 Å². The van der Waals surface area contributed by atoms with Crippen molar-refractivity contribution in [1.82, 2.24) is 4.98 Å². The normalized spacial score (nSPS) is 10.9. The molecule has 1 aromatic heterocycles. The summed E-state index contributed by atoms with van der Waals surface area (Å²) in [5.74, 6) is 0.126. The molecular weight excluding hydrogens is 388 g/mol. The van der Waals surface area contributed by atoms with Crippen molar-refractivity contribution in [2.45, 2.75) is 39.7 Å². The van der Waals surface area contributed by atoms with Gasteiger partial charge >= 0.3 is 5.97 Å². The number of carbonyl (C=O) groups is 2. The third kappa shape index (κ3) is 5.54. The van der Waals surface area contributed by atoms with Crippen molar-refractivity contribution < 1.29 is 19.1 Å². The van der Waals surface area contributed by atoms with Gasteiger partial charge in [-0.15, -0.1) is 0 Å². The maximum atomic E-state index is 12.5. The van der Waals surface area contributed by atoms with E-state index >= 15 is 0 Å². The van der Waals surface area contributed by atoms with Crippen molar-refractivity contribution in [1.29, 1.82) is 0 Å². The van der Waals surface area contributed by atoms with Gasteiger partial charge in [0.1, 0.15) is 5.75 Å². The summed E-state index contributed by atoms with van der Waals surface area (Å²) in [7, 11) is 0. The summed E-state index contributed by atoms with van der Waals surface area (Å²) in [6.07, 6.45) is 1.89. The molecule has 0 unspecified atom stereocenters. The second-order valence-electron chi connectivity index (χ2n) is 6.84. The molecule has 152 valence electrons. The van der Waals surface area contributed by atoms with Gasteiger partial charge in [0.25, 0.3) is 5.91 Å². The van der Waals surface area contributed by atoms with Gasteiger partial charge in [0.2, 0.25) is 0 Å². The summed E-state index contributed by atoms with van der Waals surface area (Å²) in [4.78, 5) is 29.0. The number of thiazole rings is 1. The minimum Gasteiger partial charge on any atom is -0.494 e. The summed E-state index contributed by atoms with van der Waals surface area (Å²) < 4.78 is 11.6. The lowest BCUT2D eigenvalue weighted by atomic mass is 10.2. The van der Waals surface area contributed by atoms with Gasteiger partial charge in [-0.1, -0.05) is 24.7 Å². The predicted octanol–water partition coefficient (Wildman–Crippen LogP) is 5.29. The number of nitrogens with one attached hydrogen (secondary N) is 1. The number of aromatic nitrogens is 1. The first-order valence-corrected chi connectivity index (χ1v) is 10.4. The zero-order valence-electron chi connectivity index (χ0n) is 16.7. The van der Waals surface area contributed by atoms with Crippen molar-refractivity contribution in [2.75, 3.05) is 11.9 Å². The average Bonchev–Trinajstić information content (AvgIpc) is 3.09. The molecule has 0 radical (unpaired) electrons. The molecule has 0 spiro atoms. The van der Waals surface area contributed by atoms with Crippen molar-refractivity contribution in [3.63, 3.8) is 0 Å². The maximum Gasteiger partial charge on any atom is 0.338 e. The molecule has 1 heterocycles. The summed E-state index contributed by atoms with van der Waals surface area (Å²) in [6, 6.07) is 12.2. The number of hydrogen-bond acceptors (Lipinski definition) is 6. The number of hydrogen-bond donors (Lipinski definition) is 1. The topological polar surface area (TPSA) is 77.5 Å². The molecule has 0 aliphatic heterocycles. The largest absolute Gasteiger partial charge is 0.494 e. The van der Waals surface area contributed by atoms with Crippen LogP contribution in [0.15, 0.2) is 42.5 Å². The van der Waals surface area contributed by atoms with Crippen LogP contribution in [0.4, 0.5) is 5.13 Å². The SMILES string of the molecule is CCCCOc1ccc(C(=O)Nc2nc3ccc(C(=O)OC(C)C)cc3s2)cc1. The highest BCUT2D eigenvalue weighted by molar-refractivity contribution is 7.22. The van der Waals surface area contributed by atoms with Crippen LogP contribution in [0.3, 0.4) is 0 Å². The molecule has 1 amide bonds. The van der Waals surface area contributed by atoms with Crippen molar-refractivity contribution in [3.8, 4) is 5.75 Å². The van der Waals surface area contributed by atoms with Crippen LogP contribution in [0.1, 0.15) is 54.3 Å². The van der Waals surface area contributed by atoms with Crippen molar-refractivity contribution >= 4 is 38.6 Å². The van der Waals surface area contributed by atoms with E-state index in [9.17, 15) is 9.59 Å². The van der Waals surface area contributed by atoms with E-state index in [2.05, 4.69) is 17.2 Å². The van der Waals surface area contributed by atoms with Gasteiger partial charge in [0, 0.05) is 5.56 Å². The number of nitrogens with zero attached hydrogens (tertiary/aromatic N) is 1. The van der Waals surface area contributed by atoms with Gasteiger partial charge in [0.15, 0.2) is 5.13 Å². The molecule has 2 aromatic carbocycles. The van der Waals surface area contributed by atoms with Crippen LogP contribution in [0.25, 0.3) is 10.2 Å². The van der Waals surface area contributed by atoms with E-state index < -0.39 is 0 Å². The lowest BCUT2D eigenvalue weighted by Gasteiger charge is -2.07. The molecule has 0 atom stereocenters. The number of ether oxygens (including phenoxy) is 2. The molecule has 0 saturated carbocycles. The summed E-state index contributed by atoms with van der Waals surface area (Å²) in [6.45, 7) is 6.39. The zero-order valence-corrected chi connectivity index (χ0v) is 17.5. The molecule has 29 heavy (non-hydrogen) atoms. The number of rotatable bonds is 8. The monoisotopic (exact) mass is 412 g/mol. The first-order valence-electron chi connectivity index (χ1n) is 9.62. The Balaban J connectivity index is 1.67. The Bertz CT molecular complexity index is 996. The number of fused-ring (bicyclic) bond motifs is 1. The highest BCUT2D eigenvalue weighted by Gasteiger charge is 2.14. The van der Waals surface area contributed by atoms with Gasteiger partial charge in [-0.05, 0) is 62.7 Å². The molecule has 1 N–H and O–H groups in total. The fourth-order valence-electron chi connectivity index (χ4n) is 2.59. The molecular formula is C22H24N2O4S. The second-order valence-corrected chi connectivity index (χ2v) is 7.87. The first kappa shape index (κ1) is 20.8. The van der Waals surface area contributed by atoms with E-state index in [1.54, 1.807) is 56.3 Å². The molecule has 3 rings (SSSR count). The maximum absolute atomic E-state index is 12.5. The number of unbranched alkanes of at least 4 members (excludes halogenated alkanes) is 1. The van der Waals surface area contributed by atoms with Crippen molar-refractivity contribution in [2.24, 2.45) is 0 Å². The molecule has 0 aliphatic carbocycles. The fraction of sp³-hybridized carbons (Fsp3) is 0.318. The van der Waals surface area contributed by atoms with Crippen LogP contribution >= 0.6 is 11.3 Å². The van der Waals surface area contributed by atoms with Crippen LogP contribution in [-0.4, -0.2) is 29.6 Å². The Morgan fingerprint density at radius 3 is 2.52 bits per heavy atom. The Kier molecular flexibility index (Phi) is 6.82. The van der Waals surface area contributed by atoms with Gasteiger partial charge in [-0.3, -0.25) is 10.1 Å². The van der Waals surface area contributed by atoms with Crippen LogP contribution in [-0.2, 0) is 4.74 Å². The second kappa shape index (κ2) is 9.52. The van der Waals surface area contributed by atoms with E-state index in [4.69, 9.17) is 9.47 Å². The zero-order chi connectivity index (χ0) is 20.8. The summed E-state index contributed by atoms with van der Waals surface area (Å²) >= 11 is 1.31. The van der Waals surface area contributed by atoms with E-state index in [1.807, 2.05) is 0 Å². The molecule has 7 heteroatoms. The minimum atomic E-state index is -0.373. The number of benzene rings is 2. The Labute approximate surface area is 173 Å². The third-order valence-electron chi connectivity index (χ3n) is 4.07. The first-order chi connectivity index (χ1) is 14.0. The summed E-state index contributed by atoms with van der Waals surface area (Å²) in [5, 5.41) is 3.29. The smallest absolute Gasteiger partial charge is 0.338 e. The minimum absolute atomic E-state index is 0.182. The highest BCUT2D eigenvalue weighted by Crippen LogP contribution is 2.27. The quantitative estimate of drug-likeness (QED) is 0.402. The lowest BCUT2D eigenvalue weighted by molar-refractivity contribution is 0.0378. The van der Waals surface area contributed by atoms with Gasteiger partial charge in [0.05, 0.1) is 28.5 Å². The van der Waals surface area contributed by atoms with Gasteiger partial charge in [-0.25, -0.2) is 9.78 Å². The fourth-order valence-corrected chi connectivity index (χ4v) is 3.49. The highest BCUT2D eigenvalue weighted by atomic mass is 32.1. The van der Waals surface area contributed by atoms with Crippen LogP contribution < -0.4 is 10.1 Å². The van der Waals surface area contributed by atoms with Crippen LogP contribution in [0.2, 0.25) is 0 Å². The number of anilines is 1. The van der Waals surface area contributed by atoms with Crippen LogP contribution in [0.5, 0.6) is 5.75 Å². The number of esters is 1. The van der Waals surface area contributed by atoms with Crippen LogP contribution in [0, 0.1) is 0 Å². The predicted molar refractivity (Wildman–Crippen MR) is 115 cm³/mol. The molecule has 0 fully saturated rings. The van der Waals surface area contributed by atoms with Crippen molar-refractivity contribution in [3.05, 3.63) is 53.6 Å². The van der Waals surface area contributed by atoms with E-state index in [0.717, 1.165) is 23.3 Å². The number of carbonyl (C=O) groups excluding carboxylic acids is 2. The Morgan fingerprint density at radius 1 is 1.10 bits per heavy atom. The molecule has 0 bridgehead atoms. The molecule has 0 aliphatic rings. The Hall–Kier alpha value is -2.93. The molecule has 0 saturated heterocycles. The van der Waals surface area contributed by atoms with E-state index in [1.165, 1.54) is 11.3 Å². The van der Waals surface area contributed by atoms with E-state index in [-0.39, 0.29) is 18.0 Å². The summed E-state index contributed by atoms with van der Waals surface area (Å²) in [5.41, 5.74) is 1.70.